The van der Waals surface area contributed by atoms with E-state index in [1.54, 1.807) is 0 Å². The van der Waals surface area contributed by atoms with Crippen LogP contribution >= 0.6 is 0 Å². The van der Waals surface area contributed by atoms with E-state index in [9.17, 15) is 19.2 Å². The van der Waals surface area contributed by atoms with Crippen LogP contribution in [-0.4, -0.2) is 74.9 Å². The lowest BCUT2D eigenvalue weighted by atomic mass is 9.91. The van der Waals surface area contributed by atoms with Crippen LogP contribution in [0.15, 0.2) is 9.59 Å². The Morgan fingerprint density at radius 2 is 1.31 bits per heavy atom. The van der Waals surface area contributed by atoms with Gasteiger partial charge in [-0.1, -0.05) is 6.92 Å². The predicted molar refractivity (Wildman–Crippen MR) is 112 cm³/mol. The average Bonchev–Trinajstić information content (AvgIpc) is 2.74. The van der Waals surface area contributed by atoms with Gasteiger partial charge in [-0.25, -0.2) is 9.59 Å². The van der Waals surface area contributed by atoms with Crippen molar-refractivity contribution in [1.82, 2.24) is 9.97 Å². The first kappa shape index (κ1) is 27.3. The fraction of sp³-hybridized carbons (Fsp3) is 0.700. The first-order valence-corrected chi connectivity index (χ1v) is 10.3. The van der Waals surface area contributed by atoms with Crippen LogP contribution < -0.4 is 16.0 Å². The number of esters is 1. The Morgan fingerprint density at radius 3 is 1.84 bits per heavy atom. The third-order valence-corrected chi connectivity index (χ3v) is 4.41. The van der Waals surface area contributed by atoms with E-state index in [0.29, 0.717) is 32.8 Å². The molecule has 2 N–H and O–H groups in total. The molecule has 182 valence electrons. The van der Waals surface area contributed by atoms with Gasteiger partial charge >= 0.3 is 17.8 Å². The van der Waals surface area contributed by atoms with Gasteiger partial charge in [-0.2, -0.15) is 0 Å². The molecule has 1 aromatic rings. The molecule has 1 aromatic heterocycles. The summed E-state index contributed by atoms with van der Waals surface area (Å²) in [5, 5.41) is 0. The summed E-state index contributed by atoms with van der Waals surface area (Å²) in [4.78, 5) is 50.1. The summed E-state index contributed by atoms with van der Waals surface area (Å²) < 4.78 is 30.6. The predicted octanol–water partition coefficient (Wildman–Crippen LogP) is 0.916. The highest BCUT2D eigenvalue weighted by Gasteiger charge is 2.26. The van der Waals surface area contributed by atoms with Gasteiger partial charge in [0.15, 0.2) is 0 Å². The number of nitrogens with one attached hydrogen (secondary N) is 2. The van der Waals surface area contributed by atoms with E-state index >= 15 is 0 Å². The molecule has 1 heterocycles. The van der Waals surface area contributed by atoms with Crippen molar-refractivity contribution in [2.75, 3.05) is 52.9 Å². The number of carbonyl (C=O) groups excluding carboxylic acids is 2. The molecule has 32 heavy (non-hydrogen) atoms. The van der Waals surface area contributed by atoms with Crippen molar-refractivity contribution < 1.29 is 38.0 Å². The summed E-state index contributed by atoms with van der Waals surface area (Å²) in [5.41, 5.74) is -1.90. The first-order chi connectivity index (χ1) is 15.2. The SMILES string of the molecule is CCC(C)(C)C(=O)OCCOCCOCCOCCOC(=O)Oc1[nH]c(=O)[nH]c(=O)c1C. The molecular weight excluding hydrogens is 428 g/mol. The Labute approximate surface area is 185 Å². The minimum atomic E-state index is -1.07. The molecule has 0 radical (unpaired) electrons. The monoisotopic (exact) mass is 460 g/mol. The van der Waals surface area contributed by atoms with Crippen LogP contribution in [0.5, 0.6) is 5.88 Å². The number of H-pyrrole nitrogens is 2. The Bertz CT molecular complexity index is 830. The van der Waals surface area contributed by atoms with Gasteiger partial charge in [0.05, 0.1) is 50.6 Å². The maximum absolute atomic E-state index is 11.8. The van der Waals surface area contributed by atoms with E-state index in [1.807, 2.05) is 25.8 Å². The Hall–Kier alpha value is -2.70. The Balaban J connectivity index is 1.97. The van der Waals surface area contributed by atoms with Crippen LogP contribution in [0.1, 0.15) is 32.8 Å². The van der Waals surface area contributed by atoms with Gasteiger partial charge in [0.2, 0.25) is 5.88 Å². The average molecular weight is 460 g/mol. The normalized spacial score (nSPS) is 11.2. The van der Waals surface area contributed by atoms with Gasteiger partial charge in [-0.05, 0) is 27.2 Å². The molecule has 0 saturated carbocycles. The van der Waals surface area contributed by atoms with Crippen molar-refractivity contribution in [2.24, 2.45) is 5.41 Å². The lowest BCUT2D eigenvalue weighted by Crippen LogP contribution is -2.27. The van der Waals surface area contributed by atoms with Gasteiger partial charge in [-0.3, -0.25) is 19.6 Å². The topological polar surface area (TPSA) is 155 Å². The second-order valence-corrected chi connectivity index (χ2v) is 7.27. The fourth-order valence-corrected chi connectivity index (χ4v) is 2.00. The summed E-state index contributed by atoms with van der Waals surface area (Å²) in [6.07, 6.45) is -0.369. The van der Waals surface area contributed by atoms with Crippen molar-refractivity contribution in [3.05, 3.63) is 26.4 Å². The number of aromatic nitrogens is 2. The standard InChI is InChI=1S/C20H32N2O10/c1-5-20(3,4)17(24)30-12-10-28-8-6-27-7-9-29-11-13-31-19(26)32-16-14(2)15(23)21-18(25)22-16/h5-13H2,1-4H3,(H2,21,22,23,25). The number of carbonyl (C=O) groups is 2. The van der Waals surface area contributed by atoms with E-state index in [1.165, 1.54) is 6.92 Å². The van der Waals surface area contributed by atoms with Crippen LogP contribution in [0, 0.1) is 12.3 Å². The first-order valence-electron chi connectivity index (χ1n) is 10.3. The number of hydrogen-bond donors (Lipinski definition) is 2. The quantitative estimate of drug-likeness (QED) is 0.285. The highest BCUT2D eigenvalue weighted by Crippen LogP contribution is 2.21. The van der Waals surface area contributed by atoms with Crippen LogP contribution in [0.3, 0.4) is 0 Å². The summed E-state index contributed by atoms with van der Waals surface area (Å²) in [6.45, 7) is 8.82. The molecule has 0 amide bonds. The molecule has 0 aliphatic heterocycles. The molecule has 0 aliphatic carbocycles. The van der Waals surface area contributed by atoms with Crippen LogP contribution in [0.4, 0.5) is 4.79 Å². The zero-order valence-electron chi connectivity index (χ0n) is 18.9. The fourth-order valence-electron chi connectivity index (χ4n) is 2.00. The highest BCUT2D eigenvalue weighted by atomic mass is 16.7. The van der Waals surface area contributed by atoms with E-state index < -0.39 is 22.8 Å². The van der Waals surface area contributed by atoms with Crippen molar-refractivity contribution >= 4 is 12.1 Å². The van der Waals surface area contributed by atoms with Gasteiger partial charge in [0.25, 0.3) is 5.56 Å². The largest absolute Gasteiger partial charge is 0.515 e. The number of rotatable bonds is 15. The van der Waals surface area contributed by atoms with E-state index in [0.717, 1.165) is 0 Å². The minimum absolute atomic E-state index is 0.0420. The lowest BCUT2D eigenvalue weighted by molar-refractivity contribution is -0.155. The second kappa shape index (κ2) is 14.4. The molecule has 0 saturated heterocycles. The molecule has 0 aromatic carbocycles. The number of hydrogen-bond acceptors (Lipinski definition) is 10. The zero-order valence-corrected chi connectivity index (χ0v) is 18.9. The zero-order chi connectivity index (χ0) is 24.0. The number of aromatic amines is 2. The van der Waals surface area contributed by atoms with E-state index in [-0.39, 0.29) is 43.8 Å². The Kier molecular flexibility index (Phi) is 12.3. The summed E-state index contributed by atoms with van der Waals surface area (Å²) in [6, 6.07) is 0. The molecule has 12 nitrogen and oxygen atoms in total. The molecule has 0 bridgehead atoms. The van der Waals surface area contributed by atoms with Gasteiger partial charge in [0.1, 0.15) is 13.2 Å². The summed E-state index contributed by atoms with van der Waals surface area (Å²) >= 11 is 0. The van der Waals surface area contributed by atoms with E-state index in [2.05, 4.69) is 4.98 Å². The number of ether oxygens (including phenoxy) is 6. The van der Waals surface area contributed by atoms with Crippen molar-refractivity contribution in [2.45, 2.75) is 34.1 Å². The molecule has 0 unspecified atom stereocenters. The highest BCUT2D eigenvalue weighted by molar-refractivity contribution is 5.75. The van der Waals surface area contributed by atoms with Crippen LogP contribution in [0.25, 0.3) is 0 Å². The molecule has 1 rings (SSSR count). The van der Waals surface area contributed by atoms with Crippen LogP contribution in [-0.2, 0) is 28.5 Å². The van der Waals surface area contributed by atoms with Gasteiger partial charge < -0.3 is 28.4 Å². The molecular formula is C20H32N2O10. The summed E-state index contributed by atoms with van der Waals surface area (Å²) in [5.74, 6) is -0.516. The van der Waals surface area contributed by atoms with Crippen molar-refractivity contribution in [1.29, 1.82) is 0 Å². The smallest absolute Gasteiger partial charge is 0.463 e. The third kappa shape index (κ3) is 10.6. The van der Waals surface area contributed by atoms with Crippen molar-refractivity contribution in [3.8, 4) is 5.88 Å². The lowest BCUT2D eigenvalue weighted by Gasteiger charge is -2.20. The maximum Gasteiger partial charge on any atom is 0.515 e. The molecule has 0 aliphatic rings. The summed E-state index contributed by atoms with van der Waals surface area (Å²) in [7, 11) is 0. The minimum Gasteiger partial charge on any atom is -0.463 e. The second-order valence-electron chi connectivity index (χ2n) is 7.27. The molecule has 0 atom stereocenters. The van der Waals surface area contributed by atoms with Crippen LogP contribution in [0.2, 0.25) is 0 Å². The van der Waals surface area contributed by atoms with E-state index in [4.69, 9.17) is 28.4 Å². The Morgan fingerprint density at radius 1 is 0.812 bits per heavy atom. The molecule has 0 fully saturated rings. The third-order valence-electron chi connectivity index (χ3n) is 4.41. The van der Waals surface area contributed by atoms with Crippen molar-refractivity contribution in [3.63, 3.8) is 0 Å². The molecule has 12 heteroatoms. The molecule has 0 spiro atoms. The maximum atomic E-state index is 11.8. The van der Waals surface area contributed by atoms with Gasteiger partial charge in [0, 0.05) is 0 Å². The van der Waals surface area contributed by atoms with Gasteiger partial charge in [-0.15, -0.1) is 0 Å².